The molecule has 0 bridgehead atoms. The molecule has 0 spiro atoms. The van der Waals surface area contributed by atoms with Crippen molar-refractivity contribution >= 4 is 0 Å². The van der Waals surface area contributed by atoms with Gasteiger partial charge in [0, 0.05) is 11.5 Å². The van der Waals surface area contributed by atoms with Crippen molar-refractivity contribution in [2.45, 2.75) is 50.0 Å². The van der Waals surface area contributed by atoms with Crippen LogP contribution in [0, 0.1) is 0 Å². The molecule has 86 valence electrons. The monoisotopic (exact) mass is 215 g/mol. The van der Waals surface area contributed by atoms with Gasteiger partial charge in [0.05, 0.1) is 0 Å². The van der Waals surface area contributed by atoms with Crippen LogP contribution in [0.1, 0.15) is 44.1 Å². The maximum Gasteiger partial charge on any atom is 0.0176 e. The average molecular weight is 215 g/mol. The van der Waals surface area contributed by atoms with Crippen LogP contribution in [0.2, 0.25) is 0 Å². The van der Waals surface area contributed by atoms with Gasteiger partial charge in [-0.3, -0.25) is 0 Å². The van der Waals surface area contributed by atoms with E-state index in [1.165, 1.54) is 45.1 Å². The van der Waals surface area contributed by atoms with Crippen LogP contribution in [0.25, 0.3) is 0 Å². The fraction of sp³-hybridized carbons (Fsp3) is 0.600. The van der Waals surface area contributed by atoms with Crippen LogP contribution in [0.15, 0.2) is 30.3 Å². The fourth-order valence-electron chi connectivity index (χ4n) is 3.55. The van der Waals surface area contributed by atoms with Crippen molar-refractivity contribution in [3.8, 4) is 0 Å². The van der Waals surface area contributed by atoms with Gasteiger partial charge < -0.3 is 5.32 Å². The second-order valence-electron chi connectivity index (χ2n) is 5.38. The van der Waals surface area contributed by atoms with Crippen molar-refractivity contribution in [1.29, 1.82) is 0 Å². The van der Waals surface area contributed by atoms with E-state index in [0.717, 1.165) is 6.04 Å². The third kappa shape index (κ3) is 1.58. The molecule has 3 rings (SSSR count). The SMILES string of the molecule is c1ccc(C2(C3CCN3)CCCCC2)cc1. The first-order valence-corrected chi connectivity index (χ1v) is 6.71. The number of hydrogen-bond donors (Lipinski definition) is 1. The number of benzene rings is 1. The third-order valence-electron chi connectivity index (χ3n) is 4.59. The van der Waals surface area contributed by atoms with Crippen LogP contribution >= 0.6 is 0 Å². The van der Waals surface area contributed by atoms with Gasteiger partial charge in [-0.05, 0) is 31.4 Å². The van der Waals surface area contributed by atoms with Crippen LogP contribution < -0.4 is 5.32 Å². The lowest BCUT2D eigenvalue weighted by atomic mass is 9.62. The predicted octanol–water partition coefficient (Wildman–Crippen LogP) is 3.25. The van der Waals surface area contributed by atoms with Crippen LogP contribution in [-0.4, -0.2) is 12.6 Å². The van der Waals surface area contributed by atoms with Crippen LogP contribution in [-0.2, 0) is 5.41 Å². The summed E-state index contributed by atoms with van der Waals surface area (Å²) in [5.41, 5.74) is 2.03. The molecule has 2 aliphatic rings. The van der Waals surface area contributed by atoms with Crippen LogP contribution in [0.3, 0.4) is 0 Å². The maximum atomic E-state index is 3.65. The summed E-state index contributed by atoms with van der Waals surface area (Å²) in [4.78, 5) is 0. The smallest absolute Gasteiger partial charge is 0.0176 e. The second kappa shape index (κ2) is 4.21. The summed E-state index contributed by atoms with van der Waals surface area (Å²) in [5, 5.41) is 3.65. The minimum absolute atomic E-state index is 0.456. The van der Waals surface area contributed by atoms with E-state index >= 15 is 0 Å². The molecule has 0 radical (unpaired) electrons. The highest BCUT2D eigenvalue weighted by Crippen LogP contribution is 2.44. The van der Waals surface area contributed by atoms with Gasteiger partial charge in [-0.15, -0.1) is 0 Å². The molecule has 1 N–H and O–H groups in total. The molecule has 1 atom stereocenters. The van der Waals surface area contributed by atoms with Crippen molar-refractivity contribution in [2.75, 3.05) is 6.54 Å². The van der Waals surface area contributed by atoms with Gasteiger partial charge >= 0.3 is 0 Å². The second-order valence-corrected chi connectivity index (χ2v) is 5.38. The lowest BCUT2D eigenvalue weighted by Gasteiger charge is -2.49. The summed E-state index contributed by atoms with van der Waals surface area (Å²) in [5.74, 6) is 0. The fourth-order valence-corrected chi connectivity index (χ4v) is 3.55. The normalized spacial score (nSPS) is 28.4. The summed E-state index contributed by atoms with van der Waals surface area (Å²) in [6.07, 6.45) is 8.39. The Morgan fingerprint density at radius 2 is 1.69 bits per heavy atom. The Hall–Kier alpha value is -0.820. The van der Waals surface area contributed by atoms with E-state index in [0.29, 0.717) is 5.41 Å². The molecule has 2 fully saturated rings. The van der Waals surface area contributed by atoms with Gasteiger partial charge in [0.2, 0.25) is 0 Å². The molecule has 1 aromatic carbocycles. The summed E-state index contributed by atoms with van der Waals surface area (Å²) in [6.45, 7) is 1.22. The van der Waals surface area contributed by atoms with E-state index in [2.05, 4.69) is 35.6 Å². The molecule has 1 heteroatoms. The van der Waals surface area contributed by atoms with Crippen LogP contribution in [0.5, 0.6) is 0 Å². The number of hydrogen-bond acceptors (Lipinski definition) is 1. The van der Waals surface area contributed by atoms with E-state index < -0.39 is 0 Å². The minimum Gasteiger partial charge on any atom is -0.313 e. The van der Waals surface area contributed by atoms with Gasteiger partial charge in [-0.25, -0.2) is 0 Å². The first-order valence-electron chi connectivity index (χ1n) is 6.71. The molecule has 16 heavy (non-hydrogen) atoms. The molecule has 0 amide bonds. The van der Waals surface area contributed by atoms with Crippen molar-refractivity contribution in [3.63, 3.8) is 0 Å². The van der Waals surface area contributed by atoms with Crippen molar-refractivity contribution in [1.82, 2.24) is 5.32 Å². The van der Waals surface area contributed by atoms with E-state index in [9.17, 15) is 0 Å². The van der Waals surface area contributed by atoms with Gasteiger partial charge in [0.25, 0.3) is 0 Å². The molecule has 1 aliphatic heterocycles. The molecule has 1 nitrogen and oxygen atoms in total. The largest absolute Gasteiger partial charge is 0.313 e. The molecule has 1 aromatic rings. The average Bonchev–Trinajstić information content (AvgIpc) is 2.29. The Labute approximate surface area is 98.3 Å². The first-order chi connectivity index (χ1) is 7.92. The Morgan fingerprint density at radius 1 is 1.00 bits per heavy atom. The molecular formula is C15H21N. The molecule has 1 aliphatic carbocycles. The van der Waals surface area contributed by atoms with Gasteiger partial charge in [-0.1, -0.05) is 49.6 Å². The van der Waals surface area contributed by atoms with Gasteiger partial charge in [-0.2, -0.15) is 0 Å². The standard InChI is InChI=1S/C15H21N/c1-3-7-13(8-4-1)15(14-9-12-16-14)10-5-2-6-11-15/h1,3-4,7-8,14,16H,2,5-6,9-12H2. The quantitative estimate of drug-likeness (QED) is 0.798. The van der Waals surface area contributed by atoms with E-state index in [4.69, 9.17) is 0 Å². The van der Waals surface area contributed by atoms with Crippen LogP contribution in [0.4, 0.5) is 0 Å². The lowest BCUT2D eigenvalue weighted by Crippen LogP contribution is -2.57. The number of rotatable bonds is 2. The molecular weight excluding hydrogens is 194 g/mol. The highest BCUT2D eigenvalue weighted by Gasteiger charge is 2.43. The zero-order valence-electron chi connectivity index (χ0n) is 9.91. The number of nitrogens with one attached hydrogen (secondary N) is 1. The minimum atomic E-state index is 0.456. The Bertz CT molecular complexity index is 334. The molecule has 1 unspecified atom stereocenters. The summed E-state index contributed by atoms with van der Waals surface area (Å²) in [6, 6.07) is 12.0. The van der Waals surface area contributed by atoms with E-state index in [1.54, 1.807) is 5.56 Å². The molecule has 0 aromatic heterocycles. The lowest BCUT2D eigenvalue weighted by molar-refractivity contribution is 0.160. The Balaban J connectivity index is 1.94. The highest BCUT2D eigenvalue weighted by atomic mass is 15.0. The van der Waals surface area contributed by atoms with E-state index in [-0.39, 0.29) is 0 Å². The zero-order chi connectivity index (χ0) is 10.8. The van der Waals surface area contributed by atoms with E-state index in [1.807, 2.05) is 0 Å². The molecule has 1 heterocycles. The maximum absolute atomic E-state index is 3.65. The summed E-state index contributed by atoms with van der Waals surface area (Å²) in [7, 11) is 0. The zero-order valence-corrected chi connectivity index (χ0v) is 9.91. The summed E-state index contributed by atoms with van der Waals surface area (Å²) < 4.78 is 0. The highest BCUT2D eigenvalue weighted by molar-refractivity contribution is 5.29. The predicted molar refractivity (Wildman–Crippen MR) is 67.6 cm³/mol. The molecule has 1 saturated carbocycles. The third-order valence-corrected chi connectivity index (χ3v) is 4.59. The topological polar surface area (TPSA) is 12.0 Å². The van der Waals surface area contributed by atoms with Gasteiger partial charge in [0.1, 0.15) is 0 Å². The van der Waals surface area contributed by atoms with Crippen molar-refractivity contribution in [2.24, 2.45) is 0 Å². The Morgan fingerprint density at radius 3 is 2.25 bits per heavy atom. The molecule has 1 saturated heterocycles. The summed E-state index contributed by atoms with van der Waals surface area (Å²) >= 11 is 0. The van der Waals surface area contributed by atoms with Gasteiger partial charge in [0.15, 0.2) is 0 Å². The first kappa shape index (κ1) is 10.3. The van der Waals surface area contributed by atoms with Crippen molar-refractivity contribution in [3.05, 3.63) is 35.9 Å². The van der Waals surface area contributed by atoms with Crippen molar-refractivity contribution < 1.29 is 0 Å². The Kier molecular flexibility index (Phi) is 2.72.